The standard InChI is InChI=1S/C21H18O11/c22-6-14-17(28)18(29)19(30)21(32-14)16-11(26)4-10(25)15-12(27)5-13(31-20(15)16)7-1-2-8(23)9(24)3-7/h1-5,14,17,19,21-26,28,30H,6H2/p-1/t14-,17-,19-,21+/m1/s1. The van der Waals surface area contributed by atoms with Crippen molar-refractivity contribution in [2.45, 2.75) is 24.4 Å². The van der Waals surface area contributed by atoms with E-state index in [0.29, 0.717) is 0 Å². The lowest BCUT2D eigenvalue weighted by molar-refractivity contribution is -0.270. The molecule has 11 nitrogen and oxygen atoms in total. The zero-order chi connectivity index (χ0) is 23.3. The number of rotatable bonds is 3. The third kappa shape index (κ3) is 3.33. The second-order valence-electron chi connectivity index (χ2n) is 7.26. The number of Topliss-reactive ketones (excluding diaryl/α,β-unsaturated/α-hetero) is 1. The average molecular weight is 445 g/mol. The highest BCUT2D eigenvalue weighted by atomic mass is 16.5. The van der Waals surface area contributed by atoms with Crippen LogP contribution in [0.5, 0.6) is 23.0 Å². The van der Waals surface area contributed by atoms with E-state index in [0.717, 1.165) is 24.3 Å². The van der Waals surface area contributed by atoms with Gasteiger partial charge in [-0.05, 0) is 6.07 Å². The molecule has 4 atom stereocenters. The lowest BCUT2D eigenvalue weighted by Gasteiger charge is -2.35. The van der Waals surface area contributed by atoms with Crippen LogP contribution in [0.15, 0.2) is 39.5 Å². The van der Waals surface area contributed by atoms with Crippen LogP contribution in [0, 0.1) is 0 Å². The van der Waals surface area contributed by atoms with Gasteiger partial charge in [-0.1, -0.05) is 17.9 Å². The molecule has 0 bridgehead atoms. The summed E-state index contributed by atoms with van der Waals surface area (Å²) < 4.78 is 11.1. The monoisotopic (exact) mass is 445 g/mol. The molecule has 1 saturated heterocycles. The topological polar surface area (TPSA) is 201 Å². The van der Waals surface area contributed by atoms with E-state index in [4.69, 9.17) is 9.15 Å². The van der Waals surface area contributed by atoms with Crippen molar-refractivity contribution in [3.05, 3.63) is 46.1 Å². The first-order valence-electron chi connectivity index (χ1n) is 9.33. The molecule has 11 heteroatoms. The van der Waals surface area contributed by atoms with Crippen LogP contribution in [0.3, 0.4) is 0 Å². The van der Waals surface area contributed by atoms with Crippen LogP contribution < -0.4 is 10.5 Å². The van der Waals surface area contributed by atoms with Gasteiger partial charge in [-0.25, -0.2) is 0 Å². The van der Waals surface area contributed by atoms with Crippen LogP contribution in [0.4, 0.5) is 0 Å². The Kier molecular flexibility index (Phi) is 5.26. The number of aromatic hydroxyl groups is 3. The van der Waals surface area contributed by atoms with Crippen LogP contribution in [0.2, 0.25) is 0 Å². The minimum absolute atomic E-state index is 0.111. The van der Waals surface area contributed by atoms with E-state index in [2.05, 4.69) is 0 Å². The molecular weight excluding hydrogens is 428 g/mol. The Labute approximate surface area is 178 Å². The number of fused-ring (bicyclic) bond motifs is 1. The van der Waals surface area contributed by atoms with Crippen molar-refractivity contribution in [3.63, 3.8) is 0 Å². The predicted octanol–water partition coefficient (Wildman–Crippen LogP) is -0.627. The van der Waals surface area contributed by atoms with E-state index in [1.165, 1.54) is 6.07 Å². The highest BCUT2D eigenvalue weighted by molar-refractivity contribution is 5.93. The van der Waals surface area contributed by atoms with Crippen molar-refractivity contribution >= 4 is 16.8 Å². The minimum atomic E-state index is -2.00. The van der Waals surface area contributed by atoms with Crippen molar-refractivity contribution in [1.29, 1.82) is 0 Å². The molecule has 2 aromatic carbocycles. The van der Waals surface area contributed by atoms with Crippen molar-refractivity contribution in [3.8, 4) is 34.3 Å². The van der Waals surface area contributed by atoms with Gasteiger partial charge in [0.2, 0.25) is 0 Å². The van der Waals surface area contributed by atoms with E-state index < -0.39 is 76.2 Å². The Hall–Kier alpha value is -3.64. The summed E-state index contributed by atoms with van der Waals surface area (Å²) in [6.07, 6.45) is -6.92. The number of aliphatic hydroxyl groups excluding tert-OH is 3. The SMILES string of the molecule is O=C1[C@@H](O)[C@H](c2c(O)cc(O)c3c(=O)cc(-c4ccc([O-])c(O)c4)oc23)O[C@H](CO)[C@H]1O. The molecule has 1 aromatic heterocycles. The zero-order valence-corrected chi connectivity index (χ0v) is 16.1. The number of ether oxygens (including phenoxy) is 1. The fourth-order valence-corrected chi connectivity index (χ4v) is 3.62. The van der Waals surface area contributed by atoms with E-state index in [1.807, 2.05) is 0 Å². The number of carbonyl (C=O) groups is 1. The third-order valence-electron chi connectivity index (χ3n) is 5.25. The molecule has 4 rings (SSSR count). The van der Waals surface area contributed by atoms with Crippen LogP contribution in [0.25, 0.3) is 22.3 Å². The number of carbonyl (C=O) groups excluding carboxylic acids is 1. The van der Waals surface area contributed by atoms with Gasteiger partial charge in [-0.2, -0.15) is 0 Å². The Morgan fingerprint density at radius 2 is 1.66 bits per heavy atom. The lowest BCUT2D eigenvalue weighted by atomic mass is 9.91. The Morgan fingerprint density at radius 1 is 0.938 bits per heavy atom. The van der Waals surface area contributed by atoms with Gasteiger partial charge in [-0.3, -0.25) is 9.59 Å². The average Bonchev–Trinajstić information content (AvgIpc) is 2.74. The van der Waals surface area contributed by atoms with Crippen LogP contribution >= 0.6 is 0 Å². The summed E-state index contributed by atoms with van der Waals surface area (Å²) >= 11 is 0. The molecule has 3 aromatic rings. The van der Waals surface area contributed by atoms with E-state index in [1.54, 1.807) is 0 Å². The van der Waals surface area contributed by atoms with E-state index in [-0.39, 0.29) is 16.9 Å². The summed E-state index contributed by atoms with van der Waals surface area (Å²) in [4.78, 5) is 25.0. The summed E-state index contributed by atoms with van der Waals surface area (Å²) in [6.45, 7) is -0.789. The maximum absolute atomic E-state index is 12.7. The molecule has 32 heavy (non-hydrogen) atoms. The number of aliphatic hydroxyl groups is 3. The number of phenolic OH excluding ortho intramolecular Hbond substituents is 3. The van der Waals surface area contributed by atoms with Crippen LogP contribution in [-0.4, -0.2) is 61.3 Å². The number of benzene rings is 2. The number of phenols is 3. The molecule has 0 aliphatic carbocycles. The summed E-state index contributed by atoms with van der Waals surface area (Å²) in [5.74, 6) is -3.89. The van der Waals surface area contributed by atoms with Crippen LogP contribution in [0.1, 0.15) is 11.7 Å². The molecular formula is C21H17O11-. The molecule has 6 N–H and O–H groups in total. The third-order valence-corrected chi connectivity index (χ3v) is 5.25. The fourth-order valence-electron chi connectivity index (χ4n) is 3.62. The summed E-state index contributed by atoms with van der Waals surface area (Å²) in [6, 6.07) is 5.12. The number of ketones is 1. The first kappa shape index (κ1) is 21.6. The number of hydrogen-bond acceptors (Lipinski definition) is 11. The maximum atomic E-state index is 12.7. The van der Waals surface area contributed by atoms with Crippen LogP contribution in [-0.2, 0) is 9.53 Å². The molecule has 2 heterocycles. The van der Waals surface area contributed by atoms with E-state index >= 15 is 0 Å². The Bertz CT molecular complexity index is 1280. The molecule has 0 unspecified atom stereocenters. The lowest BCUT2D eigenvalue weighted by Crippen LogP contribution is -2.52. The van der Waals surface area contributed by atoms with Gasteiger partial charge in [0.05, 0.1) is 12.2 Å². The van der Waals surface area contributed by atoms with Gasteiger partial charge in [0.15, 0.2) is 16.8 Å². The maximum Gasteiger partial charge on any atom is 0.197 e. The Balaban J connectivity index is 1.98. The van der Waals surface area contributed by atoms with Gasteiger partial charge in [0.1, 0.15) is 52.8 Å². The number of hydrogen-bond donors (Lipinski definition) is 6. The van der Waals surface area contributed by atoms with Gasteiger partial charge in [0.25, 0.3) is 0 Å². The summed E-state index contributed by atoms with van der Waals surface area (Å²) in [7, 11) is 0. The quantitative estimate of drug-likeness (QED) is 0.300. The molecule has 1 aliphatic heterocycles. The first-order chi connectivity index (χ1) is 15.1. The highest BCUT2D eigenvalue weighted by Crippen LogP contribution is 2.43. The normalized spacial score (nSPS) is 23.5. The minimum Gasteiger partial charge on any atom is -0.870 e. The summed E-state index contributed by atoms with van der Waals surface area (Å²) in [5.41, 5.74) is -1.49. The second kappa shape index (κ2) is 7.80. The highest BCUT2D eigenvalue weighted by Gasteiger charge is 2.45. The largest absolute Gasteiger partial charge is 0.870 e. The molecule has 0 saturated carbocycles. The molecule has 0 radical (unpaired) electrons. The molecule has 1 fully saturated rings. The van der Waals surface area contributed by atoms with Gasteiger partial charge in [-0.15, -0.1) is 0 Å². The van der Waals surface area contributed by atoms with Crippen molar-refractivity contribution < 1.29 is 49.7 Å². The summed E-state index contributed by atoms with van der Waals surface area (Å²) in [5, 5.41) is 71.1. The Morgan fingerprint density at radius 3 is 2.31 bits per heavy atom. The fraction of sp³-hybridized carbons (Fsp3) is 0.238. The van der Waals surface area contributed by atoms with Gasteiger partial charge >= 0.3 is 0 Å². The smallest absolute Gasteiger partial charge is 0.197 e. The van der Waals surface area contributed by atoms with Gasteiger partial charge in [0, 0.05) is 17.7 Å². The zero-order valence-electron chi connectivity index (χ0n) is 16.1. The second-order valence-corrected chi connectivity index (χ2v) is 7.26. The molecule has 1 aliphatic rings. The molecule has 0 spiro atoms. The molecule has 168 valence electrons. The van der Waals surface area contributed by atoms with Crippen molar-refractivity contribution in [2.24, 2.45) is 0 Å². The first-order valence-corrected chi connectivity index (χ1v) is 9.33. The van der Waals surface area contributed by atoms with E-state index in [9.17, 15) is 45.3 Å². The van der Waals surface area contributed by atoms with Crippen molar-refractivity contribution in [1.82, 2.24) is 0 Å². The van der Waals surface area contributed by atoms with Gasteiger partial charge < -0.3 is 44.9 Å². The van der Waals surface area contributed by atoms with Crippen molar-refractivity contribution in [2.75, 3.05) is 6.61 Å². The molecule has 0 amide bonds. The predicted molar refractivity (Wildman–Crippen MR) is 104 cm³/mol.